The molecule has 4 nitrogen and oxygen atoms in total. The van der Waals surface area contributed by atoms with Crippen LogP contribution in [0.5, 0.6) is 0 Å². The van der Waals surface area contributed by atoms with E-state index in [1.165, 1.54) is 5.56 Å². The summed E-state index contributed by atoms with van der Waals surface area (Å²) < 4.78 is 13.3. The third-order valence-electron chi connectivity index (χ3n) is 10.9. The zero-order valence-corrected chi connectivity index (χ0v) is 29.7. The molecule has 41 heavy (non-hydrogen) atoms. The number of carbonyl (C=O) groups excluding carboxylic acids is 1. The topological polar surface area (TPSA) is 55.8 Å². The van der Waals surface area contributed by atoms with Crippen LogP contribution in [0.4, 0.5) is 0 Å². The Labute approximate surface area is 254 Å². The molecule has 6 heteroatoms. The molecule has 0 spiro atoms. The first-order chi connectivity index (χ1) is 19.0. The number of esters is 1. The van der Waals surface area contributed by atoms with E-state index in [9.17, 15) is 9.59 Å². The summed E-state index contributed by atoms with van der Waals surface area (Å²) in [6.07, 6.45) is 14.2. The molecule has 0 aromatic heterocycles. The maximum absolute atomic E-state index is 12.7. The molecule has 1 fully saturated rings. The molecule has 232 valence electrons. The highest BCUT2D eigenvalue weighted by molar-refractivity contribution is 6.74. The van der Waals surface area contributed by atoms with Crippen molar-refractivity contribution >= 4 is 22.6 Å². The van der Waals surface area contributed by atoms with E-state index in [1.807, 2.05) is 0 Å². The van der Waals surface area contributed by atoms with E-state index >= 15 is 0 Å². The van der Waals surface area contributed by atoms with Gasteiger partial charge in [-0.15, -0.1) is 0 Å². The number of carbonyl (C=O) groups is 1. The fraction of sp³-hybridized carbons (Fsp3) is 0.743. The molecule has 0 saturated heterocycles. The molecule has 0 bridgehead atoms. The standard InChI is InChI=1S/C35H60O4Si2/c1-34(2,3)41(8,9)39-32-25-31-29(19-15-10-11-16-20-33(36)38-31)30(32)24-23-28(26-35(4,5)40(6,7)37)22-21-27-17-13-12-14-18-27/h10,12-15,17-18,28-32,37H,11,16,19-26H2,1-9H3/b15-10-/t28-,29+,30+,31-,32+/m0/s1. The summed E-state index contributed by atoms with van der Waals surface area (Å²) >= 11 is 0. The van der Waals surface area contributed by atoms with Crippen molar-refractivity contribution in [2.24, 2.45) is 17.8 Å². The lowest BCUT2D eigenvalue weighted by molar-refractivity contribution is -0.151. The molecule has 1 aliphatic heterocycles. The van der Waals surface area contributed by atoms with E-state index in [4.69, 9.17) is 9.16 Å². The lowest BCUT2D eigenvalue weighted by Crippen LogP contribution is -2.45. The van der Waals surface area contributed by atoms with E-state index in [0.29, 0.717) is 24.2 Å². The van der Waals surface area contributed by atoms with Crippen LogP contribution < -0.4 is 0 Å². The fourth-order valence-corrected chi connectivity index (χ4v) is 8.58. The van der Waals surface area contributed by atoms with Gasteiger partial charge in [0.25, 0.3) is 0 Å². The van der Waals surface area contributed by atoms with Gasteiger partial charge in [0.2, 0.25) is 0 Å². The van der Waals surface area contributed by atoms with Crippen molar-refractivity contribution in [2.45, 2.75) is 147 Å². The molecule has 1 heterocycles. The third kappa shape index (κ3) is 9.64. The average molecular weight is 601 g/mol. The third-order valence-corrected chi connectivity index (χ3v) is 18.9. The molecule has 0 radical (unpaired) electrons. The lowest BCUT2D eigenvalue weighted by Gasteiger charge is -2.41. The van der Waals surface area contributed by atoms with Crippen molar-refractivity contribution in [1.29, 1.82) is 0 Å². The van der Waals surface area contributed by atoms with Crippen LogP contribution in [0.2, 0.25) is 36.3 Å². The van der Waals surface area contributed by atoms with Crippen molar-refractivity contribution in [3.8, 4) is 0 Å². The van der Waals surface area contributed by atoms with Crippen LogP contribution in [0, 0.1) is 17.8 Å². The highest BCUT2D eigenvalue weighted by atomic mass is 28.4. The molecule has 1 aromatic rings. The van der Waals surface area contributed by atoms with E-state index in [0.717, 1.165) is 57.8 Å². The second-order valence-corrected chi connectivity index (χ2v) is 25.0. The number of ether oxygens (including phenoxy) is 1. The SMILES string of the molecule is CC(C)(C[C@@H](CCc1ccccc1)CC[C@@H]1[C@H]2C/C=C\CCCC(=O)O[C@H]2C[C@H]1O[Si](C)(C)C(C)(C)C)[Si](C)(C)O. The second-order valence-electron chi connectivity index (χ2n) is 15.7. The lowest BCUT2D eigenvalue weighted by atomic mass is 9.81. The Kier molecular flexibility index (Phi) is 11.7. The van der Waals surface area contributed by atoms with Crippen molar-refractivity contribution in [3.63, 3.8) is 0 Å². The number of rotatable bonds is 11. The average Bonchev–Trinajstić information content (AvgIpc) is 3.16. The number of hydrogen-bond donors (Lipinski definition) is 1. The predicted molar refractivity (Wildman–Crippen MR) is 177 cm³/mol. The minimum absolute atomic E-state index is 0.0420. The Morgan fingerprint density at radius 2 is 1.71 bits per heavy atom. The molecule has 3 rings (SSSR count). The minimum atomic E-state index is -2.33. The zero-order valence-electron chi connectivity index (χ0n) is 27.7. The first-order valence-corrected chi connectivity index (χ1v) is 22.1. The molecule has 1 saturated carbocycles. The molecule has 1 N–H and O–H groups in total. The van der Waals surface area contributed by atoms with Crippen LogP contribution in [-0.4, -0.2) is 39.6 Å². The van der Waals surface area contributed by atoms with E-state index in [1.54, 1.807) is 0 Å². The summed E-state index contributed by atoms with van der Waals surface area (Å²) in [4.78, 5) is 23.9. The van der Waals surface area contributed by atoms with Crippen molar-refractivity contribution in [3.05, 3.63) is 48.0 Å². The van der Waals surface area contributed by atoms with Gasteiger partial charge in [0.05, 0.1) is 6.10 Å². The van der Waals surface area contributed by atoms with Gasteiger partial charge in [0.15, 0.2) is 16.6 Å². The van der Waals surface area contributed by atoms with E-state index in [2.05, 4.69) is 103 Å². The Bertz CT molecular complexity index is 990. The molecule has 1 aromatic carbocycles. The van der Waals surface area contributed by atoms with Gasteiger partial charge in [0.1, 0.15) is 6.10 Å². The van der Waals surface area contributed by atoms with Crippen molar-refractivity contribution in [1.82, 2.24) is 0 Å². The molecule has 5 atom stereocenters. The highest BCUT2D eigenvalue weighted by Gasteiger charge is 2.49. The zero-order chi connectivity index (χ0) is 30.5. The van der Waals surface area contributed by atoms with Gasteiger partial charge in [-0.1, -0.05) is 83.5 Å². The van der Waals surface area contributed by atoms with Crippen molar-refractivity contribution in [2.75, 3.05) is 0 Å². The maximum Gasteiger partial charge on any atom is 0.306 e. The van der Waals surface area contributed by atoms with Crippen LogP contribution >= 0.6 is 0 Å². The van der Waals surface area contributed by atoms with Gasteiger partial charge in [-0.3, -0.25) is 4.79 Å². The quantitative estimate of drug-likeness (QED) is 0.156. The van der Waals surface area contributed by atoms with Gasteiger partial charge in [-0.05, 0) is 98.6 Å². The Hall–Kier alpha value is -1.22. The molecular weight excluding hydrogens is 541 g/mol. The number of benzene rings is 1. The molecule has 0 amide bonds. The largest absolute Gasteiger partial charge is 0.462 e. The second kappa shape index (κ2) is 14.0. The van der Waals surface area contributed by atoms with Gasteiger partial charge >= 0.3 is 5.97 Å². The summed E-state index contributed by atoms with van der Waals surface area (Å²) in [5, 5.41) is 0.0719. The molecule has 0 unspecified atom stereocenters. The van der Waals surface area contributed by atoms with Crippen LogP contribution in [0.25, 0.3) is 0 Å². The first-order valence-electron chi connectivity index (χ1n) is 16.3. The Morgan fingerprint density at radius 1 is 1.02 bits per heavy atom. The van der Waals surface area contributed by atoms with Crippen LogP contribution in [0.1, 0.15) is 98.0 Å². The van der Waals surface area contributed by atoms with Crippen LogP contribution in [0.15, 0.2) is 42.5 Å². The number of allylic oxidation sites excluding steroid dienone is 2. The summed E-state index contributed by atoms with van der Waals surface area (Å²) in [5.74, 6) is 1.15. The Morgan fingerprint density at radius 3 is 2.34 bits per heavy atom. The van der Waals surface area contributed by atoms with Gasteiger partial charge < -0.3 is 14.0 Å². The van der Waals surface area contributed by atoms with Crippen molar-refractivity contribution < 1.29 is 18.8 Å². The summed E-state index contributed by atoms with van der Waals surface area (Å²) in [6.45, 7) is 20.4. The highest BCUT2D eigenvalue weighted by Crippen LogP contribution is 2.48. The normalized spacial score (nSPS) is 26.2. The van der Waals surface area contributed by atoms with E-state index < -0.39 is 16.6 Å². The predicted octanol–water partition coefficient (Wildman–Crippen LogP) is 9.45. The number of fused-ring (bicyclic) bond motifs is 1. The van der Waals surface area contributed by atoms with E-state index in [-0.39, 0.29) is 28.3 Å². The molecule has 1 aliphatic carbocycles. The Balaban J connectivity index is 1.86. The van der Waals surface area contributed by atoms with Crippen LogP contribution in [-0.2, 0) is 20.4 Å². The smallest absolute Gasteiger partial charge is 0.306 e. The number of hydrogen-bond acceptors (Lipinski definition) is 4. The first kappa shape index (κ1) is 34.3. The minimum Gasteiger partial charge on any atom is -0.462 e. The summed E-state index contributed by atoms with van der Waals surface area (Å²) in [6, 6.07) is 10.8. The summed E-state index contributed by atoms with van der Waals surface area (Å²) in [7, 11) is -4.33. The molecule has 2 aliphatic rings. The van der Waals surface area contributed by atoms with Gasteiger partial charge in [0, 0.05) is 18.8 Å². The van der Waals surface area contributed by atoms with Gasteiger partial charge in [-0.25, -0.2) is 0 Å². The van der Waals surface area contributed by atoms with Crippen LogP contribution in [0.3, 0.4) is 0 Å². The molecular formula is C35H60O4Si2. The number of aryl methyl sites for hydroxylation is 1. The van der Waals surface area contributed by atoms with Gasteiger partial charge in [-0.2, -0.15) is 0 Å². The maximum atomic E-state index is 12.7. The monoisotopic (exact) mass is 600 g/mol. The fourth-order valence-electron chi connectivity index (χ4n) is 6.41. The summed E-state index contributed by atoms with van der Waals surface area (Å²) in [5.41, 5.74) is 1.39.